The Labute approximate surface area is 101 Å². The summed E-state index contributed by atoms with van der Waals surface area (Å²) in [5.74, 6) is 1.53. The molecule has 2 amide bonds. The molecular weight excluding hydrogens is 220 g/mol. The van der Waals surface area contributed by atoms with Gasteiger partial charge in [-0.1, -0.05) is 19.0 Å². The van der Waals surface area contributed by atoms with Gasteiger partial charge >= 0.3 is 6.03 Å². The van der Waals surface area contributed by atoms with Crippen molar-refractivity contribution in [1.29, 1.82) is 0 Å². The molecule has 17 heavy (non-hydrogen) atoms. The van der Waals surface area contributed by atoms with Crippen LogP contribution in [0.5, 0.6) is 0 Å². The van der Waals surface area contributed by atoms with E-state index in [-0.39, 0.29) is 11.9 Å². The molecule has 0 spiro atoms. The molecule has 0 aromatic carbocycles. The molecule has 6 nitrogen and oxygen atoms in total. The molecule has 0 saturated heterocycles. The minimum Gasteiger partial charge on any atom is -0.339 e. The zero-order valence-electron chi connectivity index (χ0n) is 10.9. The molecule has 0 saturated carbocycles. The standard InChI is InChI=1S/C11H20N4O2/c1-5-15(4)11(16)12-7-6-9-13-10(8(2)3)14-17-9/h8H,5-7H2,1-4H3,(H,12,16). The van der Waals surface area contributed by atoms with Gasteiger partial charge in [0.05, 0.1) is 0 Å². The van der Waals surface area contributed by atoms with Gasteiger partial charge in [0.15, 0.2) is 5.82 Å². The number of hydrogen-bond acceptors (Lipinski definition) is 4. The summed E-state index contributed by atoms with van der Waals surface area (Å²) in [5, 5.41) is 6.64. The van der Waals surface area contributed by atoms with Gasteiger partial charge in [-0.25, -0.2) is 4.79 Å². The third-order valence-electron chi connectivity index (χ3n) is 2.44. The number of hydrogen-bond donors (Lipinski definition) is 1. The van der Waals surface area contributed by atoms with Crippen molar-refractivity contribution in [3.05, 3.63) is 11.7 Å². The predicted octanol–water partition coefficient (Wildman–Crippen LogP) is 1.40. The molecule has 1 N–H and O–H groups in total. The van der Waals surface area contributed by atoms with Crippen LogP contribution in [-0.2, 0) is 6.42 Å². The van der Waals surface area contributed by atoms with Crippen LogP contribution in [0, 0.1) is 0 Å². The van der Waals surface area contributed by atoms with Gasteiger partial charge in [0.1, 0.15) is 0 Å². The van der Waals surface area contributed by atoms with Gasteiger partial charge < -0.3 is 14.7 Å². The Balaban J connectivity index is 2.33. The van der Waals surface area contributed by atoms with Crippen molar-refractivity contribution in [1.82, 2.24) is 20.4 Å². The fraction of sp³-hybridized carbons (Fsp3) is 0.727. The molecule has 0 fully saturated rings. The van der Waals surface area contributed by atoms with Gasteiger partial charge in [0.2, 0.25) is 5.89 Å². The molecule has 1 aromatic rings. The summed E-state index contributed by atoms with van der Waals surface area (Å²) in [5.41, 5.74) is 0. The quantitative estimate of drug-likeness (QED) is 0.844. The van der Waals surface area contributed by atoms with E-state index in [0.29, 0.717) is 31.2 Å². The first-order valence-corrected chi connectivity index (χ1v) is 5.86. The average molecular weight is 240 g/mol. The summed E-state index contributed by atoms with van der Waals surface area (Å²) in [6, 6.07) is -0.0869. The number of amides is 2. The van der Waals surface area contributed by atoms with Crippen LogP contribution in [0.15, 0.2) is 4.52 Å². The van der Waals surface area contributed by atoms with Crippen molar-refractivity contribution in [2.75, 3.05) is 20.1 Å². The molecule has 0 aliphatic carbocycles. The predicted molar refractivity (Wildman–Crippen MR) is 63.8 cm³/mol. The van der Waals surface area contributed by atoms with E-state index in [4.69, 9.17) is 4.52 Å². The molecule has 0 atom stereocenters. The van der Waals surface area contributed by atoms with Crippen molar-refractivity contribution in [3.63, 3.8) is 0 Å². The number of urea groups is 1. The van der Waals surface area contributed by atoms with Gasteiger partial charge in [-0.05, 0) is 6.92 Å². The summed E-state index contributed by atoms with van der Waals surface area (Å²) < 4.78 is 5.07. The zero-order chi connectivity index (χ0) is 12.8. The normalized spacial score (nSPS) is 10.6. The topological polar surface area (TPSA) is 71.3 Å². The van der Waals surface area contributed by atoms with Crippen LogP contribution >= 0.6 is 0 Å². The van der Waals surface area contributed by atoms with E-state index in [9.17, 15) is 4.79 Å². The highest BCUT2D eigenvalue weighted by atomic mass is 16.5. The minimum absolute atomic E-state index is 0.0869. The van der Waals surface area contributed by atoms with Crippen molar-refractivity contribution in [2.45, 2.75) is 33.1 Å². The number of nitrogens with one attached hydrogen (secondary N) is 1. The maximum Gasteiger partial charge on any atom is 0.317 e. The number of rotatable bonds is 5. The lowest BCUT2D eigenvalue weighted by Crippen LogP contribution is -2.38. The van der Waals surface area contributed by atoms with E-state index in [2.05, 4.69) is 15.5 Å². The van der Waals surface area contributed by atoms with E-state index < -0.39 is 0 Å². The zero-order valence-corrected chi connectivity index (χ0v) is 10.9. The summed E-state index contributed by atoms with van der Waals surface area (Å²) in [6.07, 6.45) is 0.559. The van der Waals surface area contributed by atoms with Crippen LogP contribution in [0.25, 0.3) is 0 Å². The fourth-order valence-corrected chi connectivity index (χ4v) is 1.16. The summed E-state index contributed by atoms with van der Waals surface area (Å²) in [6.45, 7) is 7.12. The van der Waals surface area contributed by atoms with Crippen LogP contribution in [0.1, 0.15) is 38.4 Å². The van der Waals surface area contributed by atoms with Crippen molar-refractivity contribution >= 4 is 6.03 Å². The molecule has 1 heterocycles. The average Bonchev–Trinajstić information content (AvgIpc) is 2.76. The molecule has 0 radical (unpaired) electrons. The number of aromatic nitrogens is 2. The first kappa shape index (κ1) is 13.5. The van der Waals surface area contributed by atoms with E-state index in [0.717, 1.165) is 0 Å². The van der Waals surface area contributed by atoms with Gasteiger partial charge in [0, 0.05) is 32.5 Å². The smallest absolute Gasteiger partial charge is 0.317 e. The highest BCUT2D eigenvalue weighted by Gasteiger charge is 2.10. The first-order chi connectivity index (χ1) is 8.04. The summed E-state index contributed by atoms with van der Waals surface area (Å²) >= 11 is 0. The van der Waals surface area contributed by atoms with Crippen molar-refractivity contribution in [3.8, 4) is 0 Å². The molecule has 1 aromatic heterocycles. The molecule has 0 unspecified atom stereocenters. The number of carbonyl (C=O) groups excluding carboxylic acids is 1. The van der Waals surface area contributed by atoms with Crippen LogP contribution < -0.4 is 5.32 Å². The monoisotopic (exact) mass is 240 g/mol. The molecule has 1 rings (SSSR count). The number of nitrogens with zero attached hydrogens (tertiary/aromatic N) is 3. The Bertz CT molecular complexity index is 362. The second-order valence-electron chi connectivity index (χ2n) is 4.20. The maximum absolute atomic E-state index is 11.4. The summed E-state index contributed by atoms with van der Waals surface area (Å²) in [4.78, 5) is 17.3. The SMILES string of the molecule is CCN(C)C(=O)NCCc1nc(C(C)C)no1. The van der Waals surface area contributed by atoms with E-state index in [1.807, 2.05) is 20.8 Å². The van der Waals surface area contributed by atoms with Crippen LogP contribution in [0.4, 0.5) is 4.79 Å². The fourth-order valence-electron chi connectivity index (χ4n) is 1.16. The van der Waals surface area contributed by atoms with Gasteiger partial charge in [-0.2, -0.15) is 4.98 Å². The van der Waals surface area contributed by atoms with Crippen molar-refractivity contribution < 1.29 is 9.32 Å². The third-order valence-corrected chi connectivity index (χ3v) is 2.44. The van der Waals surface area contributed by atoms with Crippen LogP contribution in [0.3, 0.4) is 0 Å². The Hall–Kier alpha value is -1.59. The lowest BCUT2D eigenvalue weighted by atomic mass is 10.2. The van der Waals surface area contributed by atoms with Gasteiger partial charge in [-0.3, -0.25) is 0 Å². The second kappa shape index (κ2) is 6.22. The largest absolute Gasteiger partial charge is 0.339 e. The molecule has 0 aliphatic heterocycles. The Kier molecular flexibility index (Phi) is 4.93. The first-order valence-electron chi connectivity index (χ1n) is 5.86. The molecular formula is C11H20N4O2. The Morgan fingerprint density at radius 2 is 2.24 bits per heavy atom. The Morgan fingerprint density at radius 1 is 1.53 bits per heavy atom. The lowest BCUT2D eigenvalue weighted by molar-refractivity contribution is 0.211. The van der Waals surface area contributed by atoms with E-state index >= 15 is 0 Å². The third kappa shape index (κ3) is 4.05. The van der Waals surface area contributed by atoms with Gasteiger partial charge in [0.25, 0.3) is 0 Å². The van der Waals surface area contributed by atoms with E-state index in [1.165, 1.54) is 0 Å². The Morgan fingerprint density at radius 3 is 2.76 bits per heavy atom. The van der Waals surface area contributed by atoms with Crippen molar-refractivity contribution in [2.24, 2.45) is 0 Å². The maximum atomic E-state index is 11.4. The molecule has 0 bridgehead atoms. The second-order valence-corrected chi connectivity index (χ2v) is 4.20. The molecule has 6 heteroatoms. The van der Waals surface area contributed by atoms with Crippen LogP contribution in [0.2, 0.25) is 0 Å². The van der Waals surface area contributed by atoms with Crippen LogP contribution in [-0.4, -0.2) is 41.2 Å². The number of carbonyl (C=O) groups is 1. The highest BCUT2D eigenvalue weighted by Crippen LogP contribution is 2.09. The highest BCUT2D eigenvalue weighted by molar-refractivity contribution is 5.73. The minimum atomic E-state index is -0.0869. The summed E-state index contributed by atoms with van der Waals surface area (Å²) in [7, 11) is 1.75. The molecule has 0 aliphatic rings. The van der Waals surface area contributed by atoms with Gasteiger partial charge in [-0.15, -0.1) is 0 Å². The molecule has 96 valence electrons. The van der Waals surface area contributed by atoms with E-state index in [1.54, 1.807) is 11.9 Å². The lowest BCUT2D eigenvalue weighted by Gasteiger charge is -2.14.